The van der Waals surface area contributed by atoms with Crippen molar-refractivity contribution >= 4 is 27.9 Å². The Morgan fingerprint density at radius 3 is 1.43 bits per heavy atom. The summed E-state index contributed by atoms with van der Waals surface area (Å²) in [5, 5.41) is 19.8. The van der Waals surface area contributed by atoms with Gasteiger partial charge in [0.15, 0.2) is 0 Å². The smallest absolute Gasteiger partial charge is 0.313 e. The normalized spacial score (nSPS) is 10.5. The zero-order valence-electron chi connectivity index (χ0n) is 11.7. The van der Waals surface area contributed by atoms with Gasteiger partial charge in [0.25, 0.3) is 0 Å². The number of phenols is 2. The van der Waals surface area contributed by atoms with Gasteiger partial charge in [0.05, 0.1) is 0 Å². The lowest BCUT2D eigenvalue weighted by atomic mass is 9.77. The Kier molecular flexibility index (Phi) is 6.06. The lowest BCUT2D eigenvalue weighted by molar-refractivity contribution is 0.275. The molecular formula is C16H16Cl2O3. The molecule has 5 heteroatoms. The Morgan fingerprint density at radius 2 is 1.14 bits per heavy atom. The molecule has 0 bridgehead atoms. The van der Waals surface area contributed by atoms with Gasteiger partial charge in [0.1, 0.15) is 11.5 Å². The van der Waals surface area contributed by atoms with Crippen LogP contribution in [0.5, 0.6) is 11.5 Å². The third-order valence-corrected chi connectivity index (χ3v) is 3.15. The molecule has 0 unspecified atom stereocenters. The van der Waals surface area contributed by atoms with E-state index < -0.39 is 10.1 Å². The number of aromatic hydroxyl groups is 2. The first-order valence-electron chi connectivity index (χ1n) is 6.18. The van der Waals surface area contributed by atoms with Crippen molar-refractivity contribution in [2.45, 2.75) is 19.3 Å². The van der Waals surface area contributed by atoms with Gasteiger partial charge in [-0.2, -0.15) is 0 Å². The molecule has 2 rings (SSSR count). The van der Waals surface area contributed by atoms with E-state index in [2.05, 4.69) is 23.2 Å². The molecule has 0 saturated carbocycles. The van der Waals surface area contributed by atoms with E-state index in [0.717, 1.165) is 11.1 Å². The monoisotopic (exact) mass is 326 g/mol. The van der Waals surface area contributed by atoms with Crippen LogP contribution in [-0.4, -0.2) is 14.9 Å². The highest BCUT2D eigenvalue weighted by atomic mass is 35.5. The summed E-state index contributed by atoms with van der Waals surface area (Å²) in [4.78, 5) is 8.98. The summed E-state index contributed by atoms with van der Waals surface area (Å²) < 4.78 is -0.889. The molecule has 112 valence electrons. The van der Waals surface area contributed by atoms with E-state index in [9.17, 15) is 10.2 Å². The number of halogens is 2. The molecule has 2 N–H and O–H groups in total. The van der Waals surface area contributed by atoms with Crippen molar-refractivity contribution in [3.8, 4) is 11.5 Å². The highest BCUT2D eigenvalue weighted by molar-refractivity contribution is 6.93. The second kappa shape index (κ2) is 7.34. The SMILES string of the molecule is CC(C)(c1ccccc1O)c1ccccc1O.O=C(Cl)Cl. The third kappa shape index (κ3) is 4.66. The summed E-state index contributed by atoms with van der Waals surface area (Å²) >= 11 is 8.80. The molecule has 3 nitrogen and oxygen atoms in total. The molecule has 0 saturated heterocycles. The van der Waals surface area contributed by atoms with E-state index in [1.54, 1.807) is 24.3 Å². The molecule has 0 amide bonds. The van der Waals surface area contributed by atoms with E-state index in [1.807, 2.05) is 38.1 Å². The average molecular weight is 327 g/mol. The van der Waals surface area contributed by atoms with Crippen molar-refractivity contribution in [1.82, 2.24) is 0 Å². The van der Waals surface area contributed by atoms with Crippen LogP contribution in [0.2, 0.25) is 0 Å². The van der Waals surface area contributed by atoms with Gasteiger partial charge < -0.3 is 10.2 Å². The number of benzene rings is 2. The highest BCUT2D eigenvalue weighted by Gasteiger charge is 2.28. The van der Waals surface area contributed by atoms with Gasteiger partial charge in [-0.25, -0.2) is 0 Å². The summed E-state index contributed by atoms with van der Waals surface area (Å²) in [5.41, 5.74) is 1.18. The fourth-order valence-electron chi connectivity index (χ4n) is 2.15. The Labute approximate surface area is 133 Å². The molecule has 0 aromatic heterocycles. The fourth-order valence-corrected chi connectivity index (χ4v) is 2.15. The minimum absolute atomic E-state index is 0.251. The van der Waals surface area contributed by atoms with Crippen LogP contribution in [-0.2, 0) is 5.41 Å². The van der Waals surface area contributed by atoms with E-state index in [-0.39, 0.29) is 11.5 Å². The molecule has 21 heavy (non-hydrogen) atoms. The minimum atomic E-state index is -0.889. The van der Waals surface area contributed by atoms with E-state index >= 15 is 0 Å². The summed E-state index contributed by atoms with van der Waals surface area (Å²) in [6.07, 6.45) is 0. The average Bonchev–Trinajstić information content (AvgIpc) is 2.38. The summed E-state index contributed by atoms with van der Waals surface area (Å²) in [5.74, 6) is 0.501. The van der Waals surface area contributed by atoms with Gasteiger partial charge in [-0.05, 0) is 35.3 Å². The quantitative estimate of drug-likeness (QED) is 0.763. The fraction of sp³-hybridized carbons (Fsp3) is 0.188. The largest absolute Gasteiger partial charge is 0.508 e. The standard InChI is InChI=1S/C15H16O2.CCl2O/c1-15(2,11-7-3-5-9-13(11)16)12-8-4-6-10-14(12)17;2-1(3)4/h3-10,16-17H,1-2H3;. The van der Waals surface area contributed by atoms with Gasteiger partial charge in [0, 0.05) is 16.5 Å². The van der Waals surface area contributed by atoms with Crippen LogP contribution in [0, 0.1) is 0 Å². The third-order valence-electron chi connectivity index (χ3n) is 3.15. The van der Waals surface area contributed by atoms with Crippen LogP contribution in [0.15, 0.2) is 48.5 Å². The number of phenolic OH excluding ortho intramolecular Hbond substituents is 2. The van der Waals surface area contributed by atoms with Crippen molar-refractivity contribution in [2.75, 3.05) is 0 Å². The molecule has 0 aliphatic carbocycles. The van der Waals surface area contributed by atoms with Crippen molar-refractivity contribution < 1.29 is 15.0 Å². The number of carbonyl (C=O) groups is 1. The Balaban J connectivity index is 0.000000491. The second-order valence-electron chi connectivity index (χ2n) is 4.89. The molecule has 0 radical (unpaired) electrons. The zero-order valence-corrected chi connectivity index (χ0v) is 13.2. The maximum absolute atomic E-state index is 9.92. The van der Waals surface area contributed by atoms with E-state index in [4.69, 9.17) is 4.79 Å². The first-order valence-corrected chi connectivity index (χ1v) is 6.94. The topological polar surface area (TPSA) is 57.5 Å². The van der Waals surface area contributed by atoms with Crippen molar-refractivity contribution in [1.29, 1.82) is 0 Å². The van der Waals surface area contributed by atoms with Crippen molar-refractivity contribution in [3.05, 3.63) is 59.7 Å². The Bertz CT molecular complexity index is 573. The van der Waals surface area contributed by atoms with Gasteiger partial charge in [-0.1, -0.05) is 50.2 Å². The molecule has 0 fully saturated rings. The maximum Gasteiger partial charge on any atom is 0.313 e. The lowest BCUT2D eigenvalue weighted by Crippen LogP contribution is -2.19. The first-order chi connectivity index (χ1) is 9.76. The summed E-state index contributed by atoms with van der Waals surface area (Å²) in [7, 11) is 0. The number of para-hydroxylation sites is 2. The van der Waals surface area contributed by atoms with Crippen LogP contribution in [0.3, 0.4) is 0 Å². The zero-order chi connectivity index (χ0) is 16.0. The van der Waals surface area contributed by atoms with Crippen LogP contribution >= 0.6 is 23.2 Å². The maximum atomic E-state index is 9.92. The molecular weight excluding hydrogens is 311 g/mol. The van der Waals surface area contributed by atoms with Gasteiger partial charge >= 0.3 is 4.70 Å². The molecule has 2 aromatic rings. The number of carbonyl (C=O) groups excluding carboxylic acids is 1. The predicted molar refractivity (Wildman–Crippen MR) is 85.4 cm³/mol. The first kappa shape index (κ1) is 17.3. The molecule has 0 aliphatic heterocycles. The van der Waals surface area contributed by atoms with Crippen LogP contribution in [0.25, 0.3) is 0 Å². The molecule has 0 spiro atoms. The highest BCUT2D eigenvalue weighted by Crippen LogP contribution is 2.39. The van der Waals surface area contributed by atoms with Crippen molar-refractivity contribution in [2.24, 2.45) is 0 Å². The van der Waals surface area contributed by atoms with Gasteiger partial charge in [0.2, 0.25) is 0 Å². The lowest BCUT2D eigenvalue weighted by Gasteiger charge is -2.27. The Morgan fingerprint density at radius 1 is 0.857 bits per heavy atom. The Hall–Kier alpha value is -1.71. The van der Waals surface area contributed by atoms with Gasteiger partial charge in [-0.3, -0.25) is 4.79 Å². The minimum Gasteiger partial charge on any atom is -0.508 e. The molecule has 0 heterocycles. The van der Waals surface area contributed by atoms with Crippen LogP contribution in [0.4, 0.5) is 4.79 Å². The van der Waals surface area contributed by atoms with E-state index in [1.165, 1.54) is 0 Å². The molecule has 0 aliphatic rings. The summed E-state index contributed by atoms with van der Waals surface area (Å²) in [6, 6.07) is 14.4. The molecule has 0 atom stereocenters. The van der Waals surface area contributed by atoms with E-state index in [0.29, 0.717) is 0 Å². The predicted octanol–water partition coefficient (Wildman–Crippen LogP) is 5.01. The molecule has 2 aromatic carbocycles. The summed E-state index contributed by atoms with van der Waals surface area (Å²) in [6.45, 7) is 3.97. The van der Waals surface area contributed by atoms with Crippen LogP contribution in [0.1, 0.15) is 25.0 Å². The van der Waals surface area contributed by atoms with Crippen LogP contribution < -0.4 is 0 Å². The van der Waals surface area contributed by atoms with Crippen molar-refractivity contribution in [3.63, 3.8) is 0 Å². The number of rotatable bonds is 2. The second-order valence-corrected chi connectivity index (χ2v) is 5.77. The van der Waals surface area contributed by atoms with Gasteiger partial charge in [-0.15, -0.1) is 0 Å². The number of hydrogen-bond donors (Lipinski definition) is 2. The number of hydrogen-bond acceptors (Lipinski definition) is 3.